The van der Waals surface area contributed by atoms with Gasteiger partial charge in [-0.25, -0.2) is 9.78 Å². The van der Waals surface area contributed by atoms with Crippen molar-refractivity contribution in [3.8, 4) is 0 Å². The van der Waals surface area contributed by atoms with E-state index in [0.717, 1.165) is 18.7 Å². The van der Waals surface area contributed by atoms with Gasteiger partial charge in [-0.1, -0.05) is 6.42 Å². The molecule has 2 saturated carbocycles. The molecule has 1 aromatic heterocycles. The Kier molecular flexibility index (Phi) is 3.44. The first-order chi connectivity index (χ1) is 11.1. The Bertz CT molecular complexity index is 597. The molecule has 1 aromatic rings. The summed E-state index contributed by atoms with van der Waals surface area (Å²) in [7, 11) is 3.93. The fourth-order valence-electron chi connectivity index (χ4n) is 4.47. The quantitative estimate of drug-likeness (QED) is 0.897. The number of hydrogen-bond donors (Lipinski definition) is 2. The predicted molar refractivity (Wildman–Crippen MR) is 88.6 cm³/mol. The predicted octanol–water partition coefficient (Wildman–Crippen LogP) is 2.23. The van der Waals surface area contributed by atoms with Crippen LogP contribution in [0.1, 0.15) is 25.7 Å². The zero-order chi connectivity index (χ0) is 16.0. The van der Waals surface area contributed by atoms with Crippen LogP contribution in [0.5, 0.6) is 0 Å². The van der Waals surface area contributed by atoms with Crippen LogP contribution in [0, 0.1) is 11.3 Å². The first-order valence-electron chi connectivity index (χ1n) is 8.43. The van der Waals surface area contributed by atoms with E-state index in [0.29, 0.717) is 17.8 Å². The SMILES string of the molecule is CN(C)c1ccc(NC(=O)N[C@@H]2[C@H]3CCO[C@H]3C23CCC3)nc1. The Morgan fingerprint density at radius 1 is 1.39 bits per heavy atom. The Labute approximate surface area is 136 Å². The molecule has 0 aromatic carbocycles. The van der Waals surface area contributed by atoms with Crippen LogP contribution in [0.3, 0.4) is 0 Å². The van der Waals surface area contributed by atoms with Crippen molar-refractivity contribution >= 4 is 17.5 Å². The summed E-state index contributed by atoms with van der Waals surface area (Å²) < 4.78 is 5.89. The topological polar surface area (TPSA) is 66.5 Å². The highest BCUT2D eigenvalue weighted by Gasteiger charge is 2.66. The summed E-state index contributed by atoms with van der Waals surface area (Å²) in [6, 6.07) is 3.87. The fraction of sp³-hybridized carbons (Fsp3) is 0.647. The maximum Gasteiger partial charge on any atom is 0.320 e. The molecule has 124 valence electrons. The second-order valence-corrected chi connectivity index (χ2v) is 7.20. The van der Waals surface area contributed by atoms with E-state index in [9.17, 15) is 4.79 Å². The smallest absolute Gasteiger partial charge is 0.320 e. The Hall–Kier alpha value is -1.82. The number of carbonyl (C=O) groups excluding carboxylic acids is 1. The van der Waals surface area contributed by atoms with Crippen LogP contribution >= 0.6 is 0 Å². The van der Waals surface area contributed by atoms with Gasteiger partial charge in [-0.15, -0.1) is 0 Å². The molecule has 0 bridgehead atoms. The van der Waals surface area contributed by atoms with Gasteiger partial charge in [0.15, 0.2) is 0 Å². The highest BCUT2D eigenvalue weighted by molar-refractivity contribution is 5.88. The summed E-state index contributed by atoms with van der Waals surface area (Å²) in [5, 5.41) is 6.04. The number of rotatable bonds is 3. The average molecular weight is 316 g/mol. The second-order valence-electron chi connectivity index (χ2n) is 7.20. The van der Waals surface area contributed by atoms with Gasteiger partial charge in [-0.05, 0) is 31.4 Å². The van der Waals surface area contributed by atoms with E-state index in [1.54, 1.807) is 6.20 Å². The van der Waals surface area contributed by atoms with E-state index in [1.807, 2.05) is 31.1 Å². The number of aromatic nitrogens is 1. The van der Waals surface area contributed by atoms with Gasteiger partial charge in [-0.3, -0.25) is 5.32 Å². The normalized spacial score (nSPS) is 30.1. The summed E-state index contributed by atoms with van der Waals surface area (Å²) in [5.74, 6) is 1.07. The monoisotopic (exact) mass is 316 g/mol. The highest BCUT2D eigenvalue weighted by Crippen LogP contribution is 2.62. The summed E-state index contributed by atoms with van der Waals surface area (Å²) >= 11 is 0. The van der Waals surface area contributed by atoms with Gasteiger partial charge in [-0.2, -0.15) is 0 Å². The molecule has 2 N–H and O–H groups in total. The molecule has 23 heavy (non-hydrogen) atoms. The van der Waals surface area contributed by atoms with Crippen molar-refractivity contribution in [2.24, 2.45) is 11.3 Å². The molecule has 3 aliphatic rings. The van der Waals surface area contributed by atoms with Crippen LogP contribution in [-0.2, 0) is 4.74 Å². The number of fused-ring (bicyclic) bond motifs is 2. The molecule has 2 amide bonds. The molecule has 3 fully saturated rings. The van der Waals surface area contributed by atoms with Crippen molar-refractivity contribution in [2.75, 3.05) is 30.9 Å². The molecule has 1 aliphatic heterocycles. The maximum absolute atomic E-state index is 12.3. The largest absolute Gasteiger partial charge is 0.377 e. The number of nitrogens with zero attached hydrogens (tertiary/aromatic N) is 2. The molecular formula is C17H24N4O2. The summed E-state index contributed by atoms with van der Waals surface area (Å²) in [6.45, 7) is 0.838. The van der Waals surface area contributed by atoms with Crippen LogP contribution in [0.2, 0.25) is 0 Å². The molecule has 0 radical (unpaired) electrons. The van der Waals surface area contributed by atoms with E-state index in [4.69, 9.17) is 4.74 Å². The number of carbonyl (C=O) groups is 1. The number of nitrogens with one attached hydrogen (secondary N) is 2. The standard InChI is InChI=1S/C17H24N4O2/c1-21(2)11-4-5-13(18-10-11)19-16(22)20-14-12-6-9-23-15(12)17(14)7-3-8-17/h4-5,10,12,14-15H,3,6-9H2,1-2H3,(H2,18,19,20,22)/t12-,14-,15-/m1/s1. The molecule has 3 atom stereocenters. The molecule has 1 saturated heterocycles. The van der Waals surface area contributed by atoms with Gasteiger partial charge >= 0.3 is 6.03 Å². The molecule has 4 rings (SSSR count). The lowest BCUT2D eigenvalue weighted by Crippen LogP contribution is -2.72. The Morgan fingerprint density at radius 2 is 2.22 bits per heavy atom. The maximum atomic E-state index is 12.3. The minimum atomic E-state index is -0.156. The molecule has 0 unspecified atom stereocenters. The van der Waals surface area contributed by atoms with Crippen molar-refractivity contribution in [1.82, 2.24) is 10.3 Å². The van der Waals surface area contributed by atoms with Crippen LogP contribution in [0.15, 0.2) is 18.3 Å². The van der Waals surface area contributed by atoms with E-state index in [2.05, 4.69) is 15.6 Å². The number of pyridine rings is 1. The lowest BCUT2D eigenvalue weighted by Gasteiger charge is -2.63. The number of anilines is 2. The van der Waals surface area contributed by atoms with Crippen LogP contribution < -0.4 is 15.5 Å². The molecule has 2 aliphatic carbocycles. The second kappa shape index (κ2) is 5.37. The third-order valence-corrected chi connectivity index (χ3v) is 5.83. The minimum absolute atomic E-state index is 0.156. The van der Waals surface area contributed by atoms with E-state index in [1.165, 1.54) is 19.3 Å². The first kappa shape index (κ1) is 14.8. The third-order valence-electron chi connectivity index (χ3n) is 5.83. The molecule has 6 heteroatoms. The Morgan fingerprint density at radius 3 is 2.83 bits per heavy atom. The van der Waals surface area contributed by atoms with Gasteiger partial charge in [0, 0.05) is 38.1 Å². The van der Waals surface area contributed by atoms with Crippen LogP contribution in [0.4, 0.5) is 16.3 Å². The zero-order valence-electron chi connectivity index (χ0n) is 13.7. The molecular weight excluding hydrogens is 292 g/mol. The molecule has 1 spiro atoms. The number of hydrogen-bond acceptors (Lipinski definition) is 4. The van der Waals surface area contributed by atoms with Crippen molar-refractivity contribution in [3.05, 3.63) is 18.3 Å². The summed E-state index contributed by atoms with van der Waals surface area (Å²) in [4.78, 5) is 18.6. The van der Waals surface area contributed by atoms with Crippen LogP contribution in [0.25, 0.3) is 0 Å². The first-order valence-corrected chi connectivity index (χ1v) is 8.43. The van der Waals surface area contributed by atoms with Crippen molar-refractivity contribution in [2.45, 2.75) is 37.8 Å². The van der Waals surface area contributed by atoms with Crippen LogP contribution in [-0.4, -0.2) is 43.9 Å². The molecule has 2 heterocycles. The lowest BCUT2D eigenvalue weighted by molar-refractivity contribution is -0.171. The fourth-order valence-corrected chi connectivity index (χ4v) is 4.47. The van der Waals surface area contributed by atoms with E-state index in [-0.39, 0.29) is 17.5 Å². The van der Waals surface area contributed by atoms with Crippen molar-refractivity contribution < 1.29 is 9.53 Å². The van der Waals surface area contributed by atoms with Gasteiger partial charge in [0.05, 0.1) is 18.0 Å². The summed E-state index contributed by atoms with van der Waals surface area (Å²) in [6.07, 6.45) is 6.79. The van der Waals surface area contributed by atoms with E-state index >= 15 is 0 Å². The number of amides is 2. The van der Waals surface area contributed by atoms with Gasteiger partial charge in [0.1, 0.15) is 5.82 Å². The van der Waals surface area contributed by atoms with Gasteiger partial charge in [0.2, 0.25) is 0 Å². The number of urea groups is 1. The van der Waals surface area contributed by atoms with Gasteiger partial charge < -0.3 is 15.0 Å². The van der Waals surface area contributed by atoms with Crippen molar-refractivity contribution in [1.29, 1.82) is 0 Å². The van der Waals surface area contributed by atoms with Gasteiger partial charge in [0.25, 0.3) is 0 Å². The third kappa shape index (κ3) is 2.27. The highest BCUT2D eigenvalue weighted by atomic mass is 16.5. The lowest BCUT2D eigenvalue weighted by atomic mass is 9.46. The summed E-state index contributed by atoms with van der Waals surface area (Å²) in [5.41, 5.74) is 1.22. The number of ether oxygens (including phenoxy) is 1. The van der Waals surface area contributed by atoms with Crippen molar-refractivity contribution in [3.63, 3.8) is 0 Å². The average Bonchev–Trinajstić information content (AvgIpc) is 2.89. The molecule has 6 nitrogen and oxygen atoms in total. The zero-order valence-corrected chi connectivity index (χ0v) is 13.7. The Balaban J connectivity index is 1.38. The minimum Gasteiger partial charge on any atom is -0.377 e. The van der Waals surface area contributed by atoms with E-state index < -0.39 is 0 Å².